The Morgan fingerprint density at radius 1 is 1.42 bits per heavy atom. The van der Waals surface area contributed by atoms with Gasteiger partial charge in [-0.2, -0.15) is 0 Å². The molecule has 1 saturated heterocycles. The molecule has 1 fully saturated rings. The number of nitrogens with two attached hydrogens (primary N) is 1. The van der Waals surface area contributed by atoms with Crippen molar-refractivity contribution in [3.8, 4) is 5.75 Å². The number of methoxy groups -OCH3 is 1. The highest BCUT2D eigenvalue weighted by Gasteiger charge is 2.23. The van der Waals surface area contributed by atoms with E-state index in [4.69, 9.17) is 22.1 Å². The maximum Gasteiger partial charge on any atom is 0.124 e. The molecule has 4 heteroatoms. The van der Waals surface area contributed by atoms with Gasteiger partial charge < -0.3 is 10.5 Å². The van der Waals surface area contributed by atoms with Crippen molar-refractivity contribution in [3.05, 3.63) is 28.8 Å². The average Bonchev–Trinajstić information content (AvgIpc) is 2.43. The molecule has 1 unspecified atom stereocenters. The van der Waals surface area contributed by atoms with Gasteiger partial charge in [0.15, 0.2) is 0 Å². The van der Waals surface area contributed by atoms with E-state index in [-0.39, 0.29) is 0 Å². The third kappa shape index (κ3) is 3.62. The van der Waals surface area contributed by atoms with Crippen LogP contribution in [0.25, 0.3) is 0 Å². The molecule has 0 aliphatic carbocycles. The summed E-state index contributed by atoms with van der Waals surface area (Å²) in [6, 6.07) is 6.42. The number of halogens is 1. The predicted molar refractivity (Wildman–Crippen MR) is 79.7 cm³/mol. The fourth-order valence-electron chi connectivity index (χ4n) is 2.87. The Morgan fingerprint density at radius 2 is 2.26 bits per heavy atom. The van der Waals surface area contributed by atoms with Gasteiger partial charge in [-0.1, -0.05) is 24.1 Å². The van der Waals surface area contributed by atoms with Crippen LogP contribution in [-0.2, 0) is 6.54 Å². The summed E-state index contributed by atoms with van der Waals surface area (Å²) < 4.78 is 5.43. The summed E-state index contributed by atoms with van der Waals surface area (Å²) >= 11 is 6.32. The van der Waals surface area contributed by atoms with Gasteiger partial charge in [-0.15, -0.1) is 0 Å². The minimum absolute atomic E-state index is 0.583. The Labute approximate surface area is 120 Å². The topological polar surface area (TPSA) is 38.5 Å². The lowest BCUT2D eigenvalue weighted by Crippen LogP contribution is -2.40. The molecule has 19 heavy (non-hydrogen) atoms. The van der Waals surface area contributed by atoms with Crippen LogP contribution in [0, 0.1) is 0 Å². The van der Waals surface area contributed by atoms with Gasteiger partial charge in [0.1, 0.15) is 5.75 Å². The normalized spacial score (nSPS) is 20.5. The molecule has 1 aliphatic heterocycles. The summed E-state index contributed by atoms with van der Waals surface area (Å²) in [5.74, 6) is 0.879. The summed E-state index contributed by atoms with van der Waals surface area (Å²) in [5, 5.41) is 0.788. The maximum atomic E-state index is 6.32. The van der Waals surface area contributed by atoms with Crippen LogP contribution >= 0.6 is 11.6 Å². The first-order valence-electron chi connectivity index (χ1n) is 7.01. The van der Waals surface area contributed by atoms with Gasteiger partial charge in [-0.05, 0) is 44.5 Å². The highest BCUT2D eigenvalue weighted by atomic mass is 35.5. The minimum atomic E-state index is 0.583. The Hall–Kier alpha value is -0.770. The predicted octanol–water partition coefficient (Wildman–Crippen LogP) is 3.05. The zero-order valence-corrected chi connectivity index (χ0v) is 12.3. The lowest BCUT2D eigenvalue weighted by Gasteiger charge is -2.36. The van der Waals surface area contributed by atoms with Gasteiger partial charge in [0.2, 0.25) is 0 Å². The molecule has 1 aromatic carbocycles. The Kier molecular flexibility index (Phi) is 5.49. The molecule has 0 radical (unpaired) electrons. The van der Waals surface area contributed by atoms with E-state index in [9.17, 15) is 0 Å². The number of ether oxygens (including phenoxy) is 1. The van der Waals surface area contributed by atoms with Crippen molar-refractivity contribution in [1.29, 1.82) is 0 Å². The van der Waals surface area contributed by atoms with E-state index in [0.29, 0.717) is 6.04 Å². The first kappa shape index (κ1) is 14.6. The van der Waals surface area contributed by atoms with Crippen molar-refractivity contribution in [3.63, 3.8) is 0 Å². The van der Waals surface area contributed by atoms with Crippen LogP contribution in [0.5, 0.6) is 5.75 Å². The van der Waals surface area contributed by atoms with E-state index in [0.717, 1.165) is 42.4 Å². The third-order valence-corrected chi connectivity index (χ3v) is 4.26. The summed E-state index contributed by atoms with van der Waals surface area (Å²) in [6.07, 6.45) is 4.87. The van der Waals surface area contributed by atoms with Crippen molar-refractivity contribution < 1.29 is 4.74 Å². The molecule has 1 atom stereocenters. The molecule has 0 spiro atoms. The molecule has 2 rings (SSSR count). The second-order valence-corrected chi connectivity index (χ2v) is 5.53. The molecule has 1 aliphatic rings. The maximum absolute atomic E-state index is 6.32. The van der Waals surface area contributed by atoms with Crippen LogP contribution < -0.4 is 10.5 Å². The van der Waals surface area contributed by atoms with Crippen LogP contribution in [0.4, 0.5) is 0 Å². The van der Waals surface area contributed by atoms with Crippen LogP contribution in [-0.4, -0.2) is 31.1 Å². The lowest BCUT2D eigenvalue weighted by molar-refractivity contribution is 0.133. The number of nitrogens with zero attached hydrogens (tertiary/aromatic N) is 1. The highest BCUT2D eigenvalue weighted by Crippen LogP contribution is 2.30. The molecule has 0 bridgehead atoms. The van der Waals surface area contributed by atoms with Gasteiger partial charge in [-0.25, -0.2) is 0 Å². The van der Waals surface area contributed by atoms with Gasteiger partial charge in [0, 0.05) is 23.2 Å². The third-order valence-electron chi connectivity index (χ3n) is 3.91. The summed E-state index contributed by atoms with van der Waals surface area (Å²) in [6.45, 7) is 2.73. The first-order chi connectivity index (χ1) is 9.26. The molecular weight excluding hydrogens is 260 g/mol. The Morgan fingerprint density at radius 3 is 3.00 bits per heavy atom. The van der Waals surface area contributed by atoms with Crippen molar-refractivity contribution in [1.82, 2.24) is 4.90 Å². The standard InChI is InChI=1S/C15H23ClN2O/c1-19-15-7-4-6-14(16)13(15)11-18-10-3-2-5-12(18)8-9-17/h4,6-7,12H,2-3,5,8-11,17H2,1H3. The number of likely N-dealkylation sites (tertiary alicyclic amines) is 1. The van der Waals surface area contributed by atoms with Crippen molar-refractivity contribution in [2.24, 2.45) is 5.73 Å². The van der Waals surface area contributed by atoms with E-state index in [1.807, 2.05) is 18.2 Å². The molecule has 1 heterocycles. The average molecular weight is 283 g/mol. The summed E-state index contributed by atoms with van der Waals surface area (Å²) in [7, 11) is 1.70. The Bertz CT molecular complexity index is 409. The number of piperidine rings is 1. The lowest BCUT2D eigenvalue weighted by atomic mass is 9.98. The molecule has 0 amide bonds. The van der Waals surface area contributed by atoms with Crippen molar-refractivity contribution in [2.75, 3.05) is 20.2 Å². The molecule has 3 nitrogen and oxygen atoms in total. The van der Waals surface area contributed by atoms with E-state index < -0.39 is 0 Å². The number of benzene rings is 1. The van der Waals surface area contributed by atoms with Crippen LogP contribution in [0.15, 0.2) is 18.2 Å². The fraction of sp³-hybridized carbons (Fsp3) is 0.600. The fourth-order valence-corrected chi connectivity index (χ4v) is 3.10. The second-order valence-electron chi connectivity index (χ2n) is 5.12. The Balaban J connectivity index is 2.14. The van der Waals surface area contributed by atoms with Gasteiger partial charge >= 0.3 is 0 Å². The largest absolute Gasteiger partial charge is 0.496 e. The first-order valence-corrected chi connectivity index (χ1v) is 7.39. The number of hydrogen-bond acceptors (Lipinski definition) is 3. The SMILES string of the molecule is COc1cccc(Cl)c1CN1CCCCC1CCN. The van der Waals surface area contributed by atoms with E-state index in [1.165, 1.54) is 19.3 Å². The van der Waals surface area contributed by atoms with E-state index >= 15 is 0 Å². The van der Waals surface area contributed by atoms with Crippen LogP contribution in [0.3, 0.4) is 0 Å². The summed E-state index contributed by atoms with van der Waals surface area (Å²) in [4.78, 5) is 2.50. The highest BCUT2D eigenvalue weighted by molar-refractivity contribution is 6.31. The van der Waals surface area contributed by atoms with Crippen LogP contribution in [0.2, 0.25) is 5.02 Å². The second kappa shape index (κ2) is 7.13. The zero-order chi connectivity index (χ0) is 13.7. The van der Waals surface area contributed by atoms with Crippen LogP contribution in [0.1, 0.15) is 31.2 Å². The molecule has 1 aromatic rings. The monoisotopic (exact) mass is 282 g/mol. The summed E-state index contributed by atoms with van der Waals surface area (Å²) in [5.41, 5.74) is 6.82. The molecule has 0 aromatic heterocycles. The number of rotatable bonds is 5. The van der Waals surface area contributed by atoms with Gasteiger partial charge in [0.05, 0.1) is 7.11 Å². The van der Waals surface area contributed by atoms with Crippen molar-refractivity contribution >= 4 is 11.6 Å². The molecular formula is C15H23ClN2O. The zero-order valence-electron chi connectivity index (χ0n) is 11.6. The minimum Gasteiger partial charge on any atom is -0.496 e. The van der Waals surface area contributed by atoms with E-state index in [2.05, 4.69) is 4.90 Å². The quantitative estimate of drug-likeness (QED) is 0.902. The van der Waals surface area contributed by atoms with Crippen molar-refractivity contribution in [2.45, 2.75) is 38.3 Å². The number of hydrogen-bond donors (Lipinski definition) is 1. The molecule has 0 saturated carbocycles. The van der Waals surface area contributed by atoms with E-state index in [1.54, 1.807) is 7.11 Å². The molecule has 106 valence electrons. The molecule has 2 N–H and O–H groups in total. The smallest absolute Gasteiger partial charge is 0.124 e. The van der Waals surface area contributed by atoms with Gasteiger partial charge in [-0.3, -0.25) is 4.90 Å². The van der Waals surface area contributed by atoms with Gasteiger partial charge in [0.25, 0.3) is 0 Å².